The van der Waals surface area contributed by atoms with Gasteiger partial charge in [0, 0.05) is 10.0 Å². The predicted molar refractivity (Wildman–Crippen MR) is 78.4 cm³/mol. The first-order valence-corrected chi connectivity index (χ1v) is 6.29. The van der Waals surface area contributed by atoms with Crippen molar-refractivity contribution in [3.63, 3.8) is 0 Å². The van der Waals surface area contributed by atoms with E-state index in [1.807, 2.05) is 0 Å². The molecule has 2 rings (SSSR count). The molecule has 2 aromatic rings. The molecule has 0 bridgehead atoms. The van der Waals surface area contributed by atoms with Crippen LogP contribution >= 0.6 is 23.2 Å². The molecule has 19 heavy (non-hydrogen) atoms. The molecule has 0 aliphatic carbocycles. The molecule has 0 aliphatic heterocycles. The molecule has 0 aliphatic rings. The topological polar surface area (TPSA) is 37.3 Å². The van der Waals surface area contributed by atoms with Gasteiger partial charge in [-0.25, -0.2) is 4.79 Å². The van der Waals surface area contributed by atoms with Crippen molar-refractivity contribution in [2.24, 2.45) is 0 Å². The zero-order valence-corrected chi connectivity index (χ0v) is 11.3. The maximum atomic E-state index is 11.4. The van der Waals surface area contributed by atoms with Crippen LogP contribution in [0.25, 0.3) is 11.6 Å². The van der Waals surface area contributed by atoms with Crippen LogP contribution in [0.1, 0.15) is 11.1 Å². The number of carboxylic acids is 1. The molecule has 2 nitrogen and oxygen atoms in total. The van der Waals surface area contributed by atoms with Gasteiger partial charge in [0.2, 0.25) is 0 Å². The zero-order chi connectivity index (χ0) is 13.8. The monoisotopic (exact) mass is 292 g/mol. The van der Waals surface area contributed by atoms with Crippen LogP contribution in [-0.2, 0) is 4.79 Å². The van der Waals surface area contributed by atoms with E-state index in [1.165, 1.54) is 0 Å². The van der Waals surface area contributed by atoms with E-state index in [2.05, 4.69) is 0 Å². The quantitative estimate of drug-likeness (QED) is 0.662. The summed E-state index contributed by atoms with van der Waals surface area (Å²) in [5.41, 5.74) is 1.41. The van der Waals surface area contributed by atoms with Crippen LogP contribution in [0.2, 0.25) is 10.0 Å². The first-order chi connectivity index (χ1) is 9.08. The van der Waals surface area contributed by atoms with Crippen molar-refractivity contribution < 1.29 is 9.90 Å². The Hall–Kier alpha value is -1.77. The highest BCUT2D eigenvalue weighted by Crippen LogP contribution is 2.24. The maximum absolute atomic E-state index is 11.4. The van der Waals surface area contributed by atoms with Gasteiger partial charge in [0.15, 0.2) is 0 Å². The highest BCUT2D eigenvalue weighted by molar-refractivity contribution is 6.33. The second-order valence-corrected chi connectivity index (χ2v) is 4.74. The smallest absolute Gasteiger partial charge is 0.336 e. The molecule has 0 aromatic heterocycles. The van der Waals surface area contributed by atoms with Gasteiger partial charge in [-0.1, -0.05) is 53.5 Å². The predicted octanol–water partition coefficient (Wildman–Crippen LogP) is 4.62. The van der Waals surface area contributed by atoms with Crippen molar-refractivity contribution in [1.82, 2.24) is 0 Å². The lowest BCUT2D eigenvalue weighted by atomic mass is 10.0. The van der Waals surface area contributed by atoms with Crippen LogP contribution in [0.5, 0.6) is 0 Å². The minimum atomic E-state index is -1.01. The SMILES string of the molecule is O=C(O)/C(=C/c1ccccc1Cl)c1ccc(Cl)cc1. The Morgan fingerprint density at radius 3 is 2.21 bits per heavy atom. The van der Waals surface area contributed by atoms with Crippen LogP contribution in [0.15, 0.2) is 48.5 Å². The summed E-state index contributed by atoms with van der Waals surface area (Å²) in [6.45, 7) is 0. The van der Waals surface area contributed by atoms with Crippen LogP contribution in [0, 0.1) is 0 Å². The van der Waals surface area contributed by atoms with Gasteiger partial charge in [-0.15, -0.1) is 0 Å². The molecular formula is C15H10Cl2O2. The molecule has 0 fully saturated rings. The summed E-state index contributed by atoms with van der Waals surface area (Å²) < 4.78 is 0. The fourth-order valence-electron chi connectivity index (χ4n) is 1.65. The summed E-state index contributed by atoms with van der Waals surface area (Å²) in [5, 5.41) is 10.4. The third-order valence-electron chi connectivity index (χ3n) is 2.59. The van der Waals surface area contributed by atoms with E-state index in [1.54, 1.807) is 54.6 Å². The Morgan fingerprint density at radius 2 is 1.63 bits per heavy atom. The summed E-state index contributed by atoms with van der Waals surface area (Å²) in [4.78, 5) is 11.4. The highest BCUT2D eigenvalue weighted by atomic mass is 35.5. The Balaban J connectivity index is 2.50. The van der Waals surface area contributed by atoms with Gasteiger partial charge < -0.3 is 5.11 Å². The minimum absolute atomic E-state index is 0.171. The molecular weight excluding hydrogens is 283 g/mol. The molecule has 96 valence electrons. The second kappa shape index (κ2) is 5.91. The number of carboxylic acid groups (broad SMARTS) is 1. The fraction of sp³-hybridized carbons (Fsp3) is 0. The molecule has 0 spiro atoms. The first kappa shape index (κ1) is 13.7. The normalized spacial score (nSPS) is 11.4. The van der Waals surface area contributed by atoms with Gasteiger partial charge in [-0.05, 0) is 35.4 Å². The van der Waals surface area contributed by atoms with E-state index in [9.17, 15) is 9.90 Å². The largest absolute Gasteiger partial charge is 0.478 e. The van der Waals surface area contributed by atoms with Crippen molar-refractivity contribution >= 4 is 40.8 Å². The summed E-state index contributed by atoms with van der Waals surface area (Å²) in [6, 6.07) is 13.7. The van der Waals surface area contributed by atoms with E-state index < -0.39 is 5.97 Å². The minimum Gasteiger partial charge on any atom is -0.478 e. The maximum Gasteiger partial charge on any atom is 0.336 e. The Labute approximate surface area is 120 Å². The average molecular weight is 293 g/mol. The number of benzene rings is 2. The third-order valence-corrected chi connectivity index (χ3v) is 3.19. The van der Waals surface area contributed by atoms with Crippen LogP contribution in [0.3, 0.4) is 0 Å². The molecule has 2 aromatic carbocycles. The lowest BCUT2D eigenvalue weighted by Gasteiger charge is -2.04. The molecule has 0 unspecified atom stereocenters. The van der Waals surface area contributed by atoms with Crippen molar-refractivity contribution in [1.29, 1.82) is 0 Å². The van der Waals surface area contributed by atoms with Gasteiger partial charge in [0.1, 0.15) is 0 Å². The van der Waals surface area contributed by atoms with Crippen LogP contribution in [-0.4, -0.2) is 11.1 Å². The second-order valence-electron chi connectivity index (χ2n) is 3.89. The van der Waals surface area contributed by atoms with Crippen LogP contribution < -0.4 is 0 Å². The van der Waals surface area contributed by atoms with Gasteiger partial charge in [-0.3, -0.25) is 0 Å². The Bertz CT molecular complexity index is 631. The lowest BCUT2D eigenvalue weighted by molar-refractivity contribution is -0.130. The molecule has 0 heterocycles. The third kappa shape index (κ3) is 3.37. The molecule has 0 atom stereocenters. The van der Waals surface area contributed by atoms with Gasteiger partial charge in [0.05, 0.1) is 5.57 Å². The summed E-state index contributed by atoms with van der Waals surface area (Å²) in [5.74, 6) is -1.01. The number of rotatable bonds is 3. The zero-order valence-electron chi connectivity index (χ0n) is 9.81. The van der Waals surface area contributed by atoms with Crippen molar-refractivity contribution in [3.05, 3.63) is 69.7 Å². The highest BCUT2D eigenvalue weighted by Gasteiger charge is 2.11. The number of aliphatic carboxylic acids is 1. The lowest BCUT2D eigenvalue weighted by Crippen LogP contribution is -1.99. The Morgan fingerprint density at radius 1 is 1.00 bits per heavy atom. The molecule has 4 heteroatoms. The van der Waals surface area contributed by atoms with Crippen molar-refractivity contribution in [3.8, 4) is 0 Å². The van der Waals surface area contributed by atoms with E-state index in [0.29, 0.717) is 21.2 Å². The standard InChI is InChI=1S/C15H10Cl2O2/c16-12-7-5-10(6-8-12)13(15(18)19)9-11-3-1-2-4-14(11)17/h1-9H,(H,18,19)/b13-9+. The first-order valence-electron chi connectivity index (χ1n) is 5.53. The summed E-state index contributed by atoms with van der Waals surface area (Å²) in [6.07, 6.45) is 1.55. The summed E-state index contributed by atoms with van der Waals surface area (Å²) >= 11 is 11.8. The van der Waals surface area contributed by atoms with Gasteiger partial charge >= 0.3 is 5.97 Å². The van der Waals surface area contributed by atoms with Crippen molar-refractivity contribution in [2.75, 3.05) is 0 Å². The molecule has 0 saturated heterocycles. The molecule has 1 N–H and O–H groups in total. The van der Waals surface area contributed by atoms with Gasteiger partial charge in [-0.2, -0.15) is 0 Å². The molecule has 0 radical (unpaired) electrons. The average Bonchev–Trinajstić information content (AvgIpc) is 2.39. The number of hydrogen-bond donors (Lipinski definition) is 1. The molecule has 0 saturated carbocycles. The van der Waals surface area contributed by atoms with Crippen molar-refractivity contribution in [2.45, 2.75) is 0 Å². The van der Waals surface area contributed by atoms with E-state index in [-0.39, 0.29) is 5.57 Å². The van der Waals surface area contributed by atoms with Gasteiger partial charge in [0.25, 0.3) is 0 Å². The number of hydrogen-bond acceptors (Lipinski definition) is 1. The number of halogens is 2. The molecule has 0 amide bonds. The van der Waals surface area contributed by atoms with E-state index >= 15 is 0 Å². The summed E-state index contributed by atoms with van der Waals surface area (Å²) in [7, 11) is 0. The Kier molecular flexibility index (Phi) is 4.25. The van der Waals surface area contributed by atoms with Crippen LogP contribution in [0.4, 0.5) is 0 Å². The fourth-order valence-corrected chi connectivity index (χ4v) is 1.96. The van der Waals surface area contributed by atoms with E-state index in [4.69, 9.17) is 23.2 Å². The number of carbonyl (C=O) groups is 1. The van der Waals surface area contributed by atoms with E-state index in [0.717, 1.165) is 0 Å².